The van der Waals surface area contributed by atoms with Gasteiger partial charge in [0.05, 0.1) is 11.5 Å². The molecule has 0 aliphatic carbocycles. The average molecular weight is 270 g/mol. The number of primary amides is 1. The van der Waals surface area contributed by atoms with Crippen LogP contribution in [0.3, 0.4) is 0 Å². The molecular formula is C9H10N4O6. The predicted octanol–water partition coefficient (Wildman–Crippen LogP) is 0.195. The fourth-order valence-electron chi connectivity index (χ4n) is 1.17. The Morgan fingerprint density at radius 2 is 2.21 bits per heavy atom. The molecule has 102 valence electrons. The number of carbonyl (C=O) groups excluding carboxylic acids is 1. The summed E-state index contributed by atoms with van der Waals surface area (Å²) in [5.74, 6) is -1.54. The molecule has 19 heavy (non-hydrogen) atoms. The number of rotatable bonds is 6. The van der Waals surface area contributed by atoms with Crippen molar-refractivity contribution in [3.63, 3.8) is 0 Å². The molecule has 0 radical (unpaired) electrons. The van der Waals surface area contributed by atoms with Crippen LogP contribution in [0.2, 0.25) is 0 Å². The summed E-state index contributed by atoms with van der Waals surface area (Å²) in [7, 11) is 0. The van der Waals surface area contributed by atoms with Crippen molar-refractivity contribution >= 4 is 23.6 Å². The van der Waals surface area contributed by atoms with Gasteiger partial charge in [0, 0.05) is 6.07 Å². The molecule has 0 saturated carbocycles. The van der Waals surface area contributed by atoms with Crippen LogP contribution in [0.5, 0.6) is 0 Å². The molecular weight excluding hydrogens is 260 g/mol. The van der Waals surface area contributed by atoms with E-state index in [0.717, 1.165) is 12.1 Å². The first-order chi connectivity index (χ1) is 8.91. The van der Waals surface area contributed by atoms with Gasteiger partial charge in [0.2, 0.25) is 5.82 Å². The van der Waals surface area contributed by atoms with Crippen LogP contribution < -0.4 is 11.1 Å². The highest BCUT2D eigenvalue weighted by molar-refractivity contribution is 5.86. The molecule has 0 saturated heterocycles. The normalized spacial score (nSPS) is 9.68. The number of carboxylic acids is 1. The summed E-state index contributed by atoms with van der Waals surface area (Å²) in [5, 5.41) is 22.0. The molecule has 0 aromatic carbocycles. The summed E-state index contributed by atoms with van der Waals surface area (Å²) < 4.78 is 4.40. The lowest BCUT2D eigenvalue weighted by Gasteiger charge is -2.06. The fraction of sp³-hybridized carbons (Fsp3) is 0.222. The molecule has 0 fully saturated rings. The van der Waals surface area contributed by atoms with Gasteiger partial charge in [-0.05, 0) is 6.07 Å². The van der Waals surface area contributed by atoms with E-state index in [2.05, 4.69) is 15.0 Å². The van der Waals surface area contributed by atoms with E-state index < -0.39 is 17.0 Å². The van der Waals surface area contributed by atoms with Crippen LogP contribution in [-0.4, -0.2) is 40.2 Å². The Morgan fingerprint density at radius 1 is 1.53 bits per heavy atom. The predicted molar refractivity (Wildman–Crippen MR) is 61.9 cm³/mol. The highest BCUT2D eigenvalue weighted by Gasteiger charge is 2.18. The Morgan fingerprint density at radius 3 is 2.74 bits per heavy atom. The first-order valence-electron chi connectivity index (χ1n) is 4.96. The minimum atomic E-state index is -1.31. The number of hydrogen-bond donors (Lipinski definition) is 3. The maximum absolute atomic E-state index is 10.7. The van der Waals surface area contributed by atoms with Gasteiger partial charge in [0.25, 0.3) is 0 Å². The van der Waals surface area contributed by atoms with Crippen molar-refractivity contribution in [2.75, 3.05) is 18.5 Å². The highest BCUT2D eigenvalue weighted by Crippen LogP contribution is 2.21. The second-order valence-corrected chi connectivity index (χ2v) is 3.22. The number of anilines is 1. The second kappa shape index (κ2) is 6.14. The number of nitrogens with one attached hydrogen (secondary N) is 1. The average Bonchev–Trinajstić information content (AvgIpc) is 2.33. The molecule has 0 aliphatic heterocycles. The minimum Gasteiger partial charge on any atom is -0.477 e. The maximum Gasteiger partial charge on any atom is 0.404 e. The summed E-state index contributed by atoms with van der Waals surface area (Å²) >= 11 is 0. The fourth-order valence-corrected chi connectivity index (χ4v) is 1.17. The number of nitrogens with two attached hydrogens (primary N) is 1. The third-order valence-electron chi connectivity index (χ3n) is 1.93. The van der Waals surface area contributed by atoms with Gasteiger partial charge >= 0.3 is 17.7 Å². The van der Waals surface area contributed by atoms with Crippen LogP contribution >= 0.6 is 0 Å². The monoisotopic (exact) mass is 270 g/mol. The number of aromatic nitrogens is 1. The van der Waals surface area contributed by atoms with Crippen LogP contribution in [0.4, 0.5) is 16.3 Å². The van der Waals surface area contributed by atoms with Crippen LogP contribution in [0, 0.1) is 10.1 Å². The maximum atomic E-state index is 10.7. The van der Waals surface area contributed by atoms with Crippen LogP contribution in [0.15, 0.2) is 12.1 Å². The summed E-state index contributed by atoms with van der Waals surface area (Å²) in [6.45, 7) is -0.134. The molecule has 0 bridgehead atoms. The minimum absolute atomic E-state index is 0.000146. The van der Waals surface area contributed by atoms with Crippen LogP contribution in [0.25, 0.3) is 0 Å². The molecule has 0 atom stereocenters. The lowest BCUT2D eigenvalue weighted by Crippen LogP contribution is -2.19. The Bertz CT molecular complexity index is 517. The van der Waals surface area contributed by atoms with E-state index in [1.165, 1.54) is 0 Å². The lowest BCUT2D eigenvalue weighted by atomic mass is 10.3. The van der Waals surface area contributed by atoms with Gasteiger partial charge in [0.1, 0.15) is 6.61 Å². The first kappa shape index (κ1) is 14.2. The SMILES string of the molecule is NC(=O)OCCNc1nc(C(=O)O)ccc1[N+](=O)[O-]. The van der Waals surface area contributed by atoms with Crippen molar-refractivity contribution in [3.8, 4) is 0 Å². The summed E-state index contributed by atoms with van der Waals surface area (Å²) in [6, 6.07) is 2.04. The molecule has 1 aromatic heterocycles. The Labute approximate surface area is 106 Å². The Kier molecular flexibility index (Phi) is 4.57. The molecule has 10 nitrogen and oxygen atoms in total. The topological polar surface area (TPSA) is 158 Å². The number of ether oxygens (including phenoxy) is 1. The molecule has 0 unspecified atom stereocenters. The standard InChI is InChI=1S/C9H10N4O6/c10-9(16)19-4-3-11-7-6(13(17)18)2-1-5(12-7)8(14)15/h1-2H,3-4H2,(H2,10,16)(H,11,12)(H,14,15). The van der Waals surface area contributed by atoms with Crippen LogP contribution in [0.1, 0.15) is 10.5 Å². The zero-order valence-corrected chi connectivity index (χ0v) is 9.53. The molecule has 1 amide bonds. The van der Waals surface area contributed by atoms with Gasteiger partial charge in [-0.2, -0.15) is 0 Å². The van der Waals surface area contributed by atoms with Gasteiger partial charge in [-0.3, -0.25) is 10.1 Å². The van der Waals surface area contributed by atoms with E-state index in [1.54, 1.807) is 0 Å². The zero-order valence-electron chi connectivity index (χ0n) is 9.53. The molecule has 1 rings (SSSR count). The molecule has 4 N–H and O–H groups in total. The van der Waals surface area contributed by atoms with E-state index in [4.69, 9.17) is 10.8 Å². The third-order valence-corrected chi connectivity index (χ3v) is 1.93. The quantitative estimate of drug-likeness (QED) is 0.375. The summed E-state index contributed by atoms with van der Waals surface area (Å²) in [5.41, 5.74) is 3.99. The number of pyridine rings is 1. The van der Waals surface area contributed by atoms with Crippen molar-refractivity contribution < 1.29 is 24.4 Å². The van der Waals surface area contributed by atoms with E-state index in [-0.39, 0.29) is 30.4 Å². The number of aromatic carboxylic acids is 1. The summed E-state index contributed by atoms with van der Waals surface area (Å²) in [4.78, 5) is 34.6. The second-order valence-electron chi connectivity index (χ2n) is 3.22. The van der Waals surface area contributed by atoms with E-state index in [9.17, 15) is 19.7 Å². The van der Waals surface area contributed by atoms with Gasteiger partial charge < -0.3 is 20.9 Å². The third kappa shape index (κ3) is 4.11. The number of amides is 1. The van der Waals surface area contributed by atoms with Crippen molar-refractivity contribution in [1.82, 2.24) is 4.98 Å². The lowest BCUT2D eigenvalue weighted by molar-refractivity contribution is -0.384. The van der Waals surface area contributed by atoms with Crippen molar-refractivity contribution in [2.45, 2.75) is 0 Å². The molecule has 10 heteroatoms. The number of carboxylic acid groups (broad SMARTS) is 1. The number of nitrogens with zero attached hydrogens (tertiary/aromatic N) is 2. The molecule has 1 heterocycles. The first-order valence-corrected chi connectivity index (χ1v) is 4.96. The Hall–Kier alpha value is -2.91. The smallest absolute Gasteiger partial charge is 0.404 e. The van der Waals surface area contributed by atoms with Gasteiger partial charge in [-0.1, -0.05) is 0 Å². The number of nitro groups is 1. The van der Waals surface area contributed by atoms with Crippen molar-refractivity contribution in [2.24, 2.45) is 5.73 Å². The number of carbonyl (C=O) groups is 2. The highest BCUT2D eigenvalue weighted by atomic mass is 16.6. The largest absolute Gasteiger partial charge is 0.477 e. The number of hydrogen-bond acceptors (Lipinski definition) is 7. The van der Waals surface area contributed by atoms with E-state index in [0.29, 0.717) is 0 Å². The van der Waals surface area contributed by atoms with Gasteiger partial charge in [-0.15, -0.1) is 0 Å². The van der Waals surface area contributed by atoms with E-state index in [1.807, 2.05) is 0 Å². The molecule has 0 aliphatic rings. The summed E-state index contributed by atoms with van der Waals surface area (Å²) in [6.07, 6.45) is -0.983. The van der Waals surface area contributed by atoms with Crippen molar-refractivity contribution in [3.05, 3.63) is 27.9 Å². The van der Waals surface area contributed by atoms with E-state index >= 15 is 0 Å². The molecule has 0 spiro atoms. The van der Waals surface area contributed by atoms with Gasteiger partial charge in [0.15, 0.2) is 5.69 Å². The van der Waals surface area contributed by atoms with Crippen molar-refractivity contribution in [1.29, 1.82) is 0 Å². The molecule has 1 aromatic rings. The Balaban J connectivity index is 2.82. The van der Waals surface area contributed by atoms with Crippen LogP contribution in [-0.2, 0) is 4.74 Å². The zero-order chi connectivity index (χ0) is 14.4. The van der Waals surface area contributed by atoms with Gasteiger partial charge in [-0.25, -0.2) is 14.6 Å².